The first-order valence-corrected chi connectivity index (χ1v) is 9.34. The molecule has 1 aromatic carbocycles. The molecule has 5 nitrogen and oxygen atoms in total. The van der Waals surface area contributed by atoms with E-state index < -0.39 is 10.0 Å². The van der Waals surface area contributed by atoms with Crippen molar-refractivity contribution in [2.75, 3.05) is 30.9 Å². The van der Waals surface area contributed by atoms with Gasteiger partial charge in [0.15, 0.2) is 0 Å². The van der Waals surface area contributed by atoms with E-state index in [1.165, 1.54) is 0 Å². The molecule has 20 heavy (non-hydrogen) atoms. The maximum absolute atomic E-state index is 11.9. The van der Waals surface area contributed by atoms with Crippen molar-refractivity contribution in [3.05, 3.63) is 24.3 Å². The Morgan fingerprint density at radius 3 is 2.70 bits per heavy atom. The van der Waals surface area contributed by atoms with Crippen LogP contribution in [0, 0.1) is 0 Å². The van der Waals surface area contributed by atoms with Crippen LogP contribution in [0.3, 0.4) is 0 Å². The average Bonchev–Trinajstić information content (AvgIpc) is 3.20. The normalized spacial score (nSPS) is 16.9. The highest BCUT2D eigenvalue weighted by atomic mass is 32.2. The Hall–Kier alpha value is -0.920. The number of nitrogens with one attached hydrogen (secondary N) is 1. The van der Waals surface area contributed by atoms with Crippen LogP contribution in [0.2, 0.25) is 0 Å². The lowest BCUT2D eigenvalue weighted by atomic mass is 10.3. The molecule has 0 unspecified atom stereocenters. The molecule has 0 saturated heterocycles. The largest absolute Gasteiger partial charge is 0.490 e. The highest BCUT2D eigenvalue weighted by Gasteiger charge is 2.42. The van der Waals surface area contributed by atoms with E-state index >= 15 is 0 Å². The lowest BCUT2D eigenvalue weighted by molar-refractivity contribution is 0.342. The second-order valence-electron chi connectivity index (χ2n) is 4.91. The van der Waals surface area contributed by atoms with Gasteiger partial charge in [-0.25, -0.2) is 13.1 Å². The lowest BCUT2D eigenvalue weighted by Gasteiger charge is -2.14. The molecule has 112 valence electrons. The summed E-state index contributed by atoms with van der Waals surface area (Å²) < 4.78 is 31.9. The maximum Gasteiger partial charge on any atom is 0.215 e. The van der Waals surface area contributed by atoms with Crippen molar-refractivity contribution in [2.45, 2.75) is 17.6 Å². The van der Waals surface area contributed by atoms with E-state index in [9.17, 15) is 8.42 Å². The quantitative estimate of drug-likeness (QED) is 0.710. The van der Waals surface area contributed by atoms with Crippen molar-refractivity contribution < 1.29 is 13.2 Å². The van der Waals surface area contributed by atoms with Crippen LogP contribution in [-0.2, 0) is 10.0 Å². The number of thioether (sulfide) groups is 1. The Labute approximate surface area is 124 Å². The standard InChI is InChI=1S/C13H20N2O3S2/c1-19-13(6-7-13)10-15-20(16,17)9-8-18-12-5-3-2-4-11(12)14/h2-5,15H,6-10,14H2,1H3. The zero-order chi connectivity index (χ0) is 14.6. The number of nitrogen functional groups attached to an aromatic ring is 1. The molecular formula is C13H20N2O3S2. The molecule has 3 N–H and O–H groups in total. The molecule has 0 aromatic heterocycles. The van der Waals surface area contributed by atoms with Gasteiger partial charge in [0.1, 0.15) is 12.4 Å². The van der Waals surface area contributed by atoms with Gasteiger partial charge in [-0.3, -0.25) is 0 Å². The van der Waals surface area contributed by atoms with Crippen molar-refractivity contribution in [3.63, 3.8) is 0 Å². The van der Waals surface area contributed by atoms with Crippen LogP contribution < -0.4 is 15.2 Å². The first-order chi connectivity index (χ1) is 9.46. The molecule has 2 rings (SSSR count). The molecule has 0 bridgehead atoms. The fourth-order valence-electron chi connectivity index (χ4n) is 1.78. The predicted octanol–water partition coefficient (Wildman–Crippen LogP) is 1.46. The predicted molar refractivity (Wildman–Crippen MR) is 83.6 cm³/mol. The van der Waals surface area contributed by atoms with Gasteiger partial charge < -0.3 is 10.5 Å². The Morgan fingerprint density at radius 2 is 2.10 bits per heavy atom. The minimum Gasteiger partial charge on any atom is -0.490 e. The van der Waals surface area contributed by atoms with Gasteiger partial charge in [-0.15, -0.1) is 0 Å². The number of rotatable bonds is 8. The molecule has 1 aliphatic carbocycles. The summed E-state index contributed by atoms with van der Waals surface area (Å²) in [6, 6.07) is 7.05. The Morgan fingerprint density at radius 1 is 1.40 bits per heavy atom. The number of anilines is 1. The lowest BCUT2D eigenvalue weighted by Crippen LogP contribution is -2.34. The molecule has 7 heteroatoms. The van der Waals surface area contributed by atoms with Crippen molar-refractivity contribution in [3.8, 4) is 5.75 Å². The van der Waals surface area contributed by atoms with Crippen LogP contribution in [0.1, 0.15) is 12.8 Å². The zero-order valence-electron chi connectivity index (χ0n) is 11.5. The summed E-state index contributed by atoms with van der Waals surface area (Å²) >= 11 is 1.73. The third-order valence-electron chi connectivity index (χ3n) is 3.38. The number of benzene rings is 1. The van der Waals surface area contributed by atoms with Crippen LogP contribution in [0.4, 0.5) is 5.69 Å². The van der Waals surface area contributed by atoms with Gasteiger partial charge in [0.2, 0.25) is 10.0 Å². The van der Waals surface area contributed by atoms with E-state index in [-0.39, 0.29) is 17.1 Å². The Balaban J connectivity index is 1.76. The van der Waals surface area contributed by atoms with Crippen LogP contribution in [0.15, 0.2) is 24.3 Å². The second-order valence-corrected chi connectivity index (χ2v) is 8.11. The number of para-hydroxylation sites is 2. The number of hydrogen-bond acceptors (Lipinski definition) is 5. The van der Waals surface area contributed by atoms with Gasteiger partial charge in [0.05, 0.1) is 11.4 Å². The molecule has 1 saturated carbocycles. The first kappa shape index (κ1) is 15.5. The van der Waals surface area contributed by atoms with Crippen LogP contribution in [0.5, 0.6) is 5.75 Å². The Kier molecular flexibility index (Phi) is 4.82. The molecule has 0 aliphatic heterocycles. The summed E-state index contributed by atoms with van der Waals surface area (Å²) in [7, 11) is -3.30. The minimum absolute atomic E-state index is 0.0637. The van der Waals surface area contributed by atoms with Crippen molar-refractivity contribution in [1.82, 2.24) is 4.72 Å². The van der Waals surface area contributed by atoms with Crippen LogP contribution in [0.25, 0.3) is 0 Å². The highest BCUT2D eigenvalue weighted by Crippen LogP contribution is 2.46. The van der Waals surface area contributed by atoms with E-state index in [2.05, 4.69) is 4.72 Å². The van der Waals surface area contributed by atoms with Crippen molar-refractivity contribution in [1.29, 1.82) is 0 Å². The van der Waals surface area contributed by atoms with E-state index in [1.807, 2.05) is 6.26 Å². The van der Waals surface area contributed by atoms with Crippen molar-refractivity contribution >= 4 is 27.5 Å². The molecule has 1 aromatic rings. The molecule has 0 heterocycles. The summed E-state index contributed by atoms with van der Waals surface area (Å²) in [6.45, 7) is 0.597. The average molecular weight is 316 g/mol. The smallest absolute Gasteiger partial charge is 0.215 e. The first-order valence-electron chi connectivity index (χ1n) is 6.46. The summed E-state index contributed by atoms with van der Waals surface area (Å²) in [6.07, 6.45) is 4.17. The van der Waals surface area contributed by atoms with Crippen molar-refractivity contribution in [2.24, 2.45) is 0 Å². The molecule has 1 fully saturated rings. The fourth-order valence-corrected chi connectivity index (χ4v) is 3.54. The third-order valence-corrected chi connectivity index (χ3v) is 6.09. The SMILES string of the molecule is CSC1(CNS(=O)(=O)CCOc2ccccc2N)CC1. The summed E-state index contributed by atoms with van der Waals surface area (Å²) in [5.74, 6) is 0.455. The molecule has 0 amide bonds. The molecule has 0 atom stereocenters. The van der Waals surface area contributed by atoms with E-state index in [0.717, 1.165) is 12.8 Å². The van der Waals surface area contributed by atoms with E-state index in [4.69, 9.17) is 10.5 Å². The molecular weight excluding hydrogens is 296 g/mol. The number of nitrogens with two attached hydrogens (primary N) is 1. The zero-order valence-corrected chi connectivity index (χ0v) is 13.1. The van der Waals surface area contributed by atoms with E-state index in [1.54, 1.807) is 36.0 Å². The van der Waals surface area contributed by atoms with Gasteiger partial charge in [-0.1, -0.05) is 12.1 Å². The maximum atomic E-state index is 11.9. The number of hydrogen-bond donors (Lipinski definition) is 2. The van der Waals surface area contributed by atoms with Gasteiger partial charge in [-0.05, 0) is 31.2 Å². The molecule has 0 spiro atoms. The summed E-state index contributed by atoms with van der Waals surface area (Å²) in [5, 5.41) is 0. The second kappa shape index (κ2) is 6.24. The molecule has 1 aliphatic rings. The van der Waals surface area contributed by atoms with Gasteiger partial charge in [-0.2, -0.15) is 11.8 Å². The molecule has 0 radical (unpaired) electrons. The monoisotopic (exact) mass is 316 g/mol. The minimum atomic E-state index is -3.30. The summed E-state index contributed by atoms with van der Waals surface area (Å²) in [5.41, 5.74) is 6.23. The van der Waals surface area contributed by atoms with Crippen LogP contribution in [-0.4, -0.2) is 38.3 Å². The van der Waals surface area contributed by atoms with Gasteiger partial charge >= 0.3 is 0 Å². The Bertz CT molecular complexity index is 556. The number of ether oxygens (including phenoxy) is 1. The topological polar surface area (TPSA) is 81.4 Å². The van der Waals surface area contributed by atoms with Gasteiger partial charge in [0.25, 0.3) is 0 Å². The fraction of sp³-hybridized carbons (Fsp3) is 0.538. The van der Waals surface area contributed by atoms with E-state index in [0.29, 0.717) is 18.0 Å². The third kappa shape index (κ3) is 4.29. The highest BCUT2D eigenvalue weighted by molar-refractivity contribution is 8.00. The van der Waals surface area contributed by atoms with Crippen LogP contribution >= 0.6 is 11.8 Å². The van der Waals surface area contributed by atoms with Gasteiger partial charge in [0, 0.05) is 11.3 Å². The number of sulfonamides is 1. The summed E-state index contributed by atoms with van der Waals surface area (Å²) in [4.78, 5) is 0.